The van der Waals surface area contributed by atoms with E-state index in [0.29, 0.717) is 21.9 Å². The zero-order chi connectivity index (χ0) is 39.4. The van der Waals surface area contributed by atoms with Crippen LogP contribution in [0, 0.1) is 0 Å². The van der Waals surface area contributed by atoms with Gasteiger partial charge in [0.25, 0.3) is 0 Å². The number of rotatable bonds is 2. The number of hydrogen-bond donors (Lipinski definition) is 0. The summed E-state index contributed by atoms with van der Waals surface area (Å²) in [5.41, 5.74) is 6.28. The molecule has 286 valence electrons. The molecule has 5 aliphatic rings. The Bertz CT molecular complexity index is 3370. The van der Waals surface area contributed by atoms with Crippen molar-refractivity contribution in [3.8, 4) is 0 Å². The van der Waals surface area contributed by atoms with Crippen LogP contribution in [0.25, 0.3) is 58.9 Å². The fraction of sp³-hybridized carbons (Fsp3) is 0.235. The second kappa shape index (κ2) is 12.1. The lowest BCUT2D eigenvalue weighted by molar-refractivity contribution is 0.0990. The average molecular weight is 822 g/mol. The molecule has 0 unspecified atom stereocenters. The molecular weight excluding hydrogens is 787 g/mol. The molecule has 5 aliphatic carbocycles. The second-order valence-corrected chi connectivity index (χ2v) is 20.5. The maximum atomic E-state index is 13.8. The average Bonchev–Trinajstić information content (AvgIpc) is 4.11. The lowest BCUT2D eigenvalue weighted by Crippen LogP contribution is -2.31. The number of nitrogens with zero attached hydrogens (tertiary/aromatic N) is 1. The molecular formula is C51H35NO4S3. The number of Topliss-reactive ketones (excluding diaryl/α,β-unsaturated/α-hetero) is 2. The minimum Gasteiger partial charge on any atom is -0.288 e. The number of thiophene rings is 3. The summed E-state index contributed by atoms with van der Waals surface area (Å²) < 4.78 is 2.54. The largest absolute Gasteiger partial charge is 0.288 e. The Kier molecular flexibility index (Phi) is 7.06. The molecule has 8 aromatic rings. The fourth-order valence-corrected chi connectivity index (χ4v) is 16.0. The second-order valence-electron chi connectivity index (χ2n) is 17.3. The van der Waals surface area contributed by atoms with E-state index in [9.17, 15) is 19.2 Å². The topological polar surface area (TPSA) is 80.6 Å². The maximum Gasteiger partial charge on any atom is 0.216 e. The van der Waals surface area contributed by atoms with E-state index in [2.05, 4.69) is 12.1 Å². The molecule has 0 aliphatic heterocycles. The molecule has 3 aromatic heterocycles. The molecule has 3 heterocycles. The molecule has 8 heteroatoms. The predicted octanol–water partition coefficient (Wildman–Crippen LogP) is 12.1. The van der Waals surface area contributed by atoms with E-state index in [4.69, 9.17) is 4.99 Å². The van der Waals surface area contributed by atoms with Crippen molar-refractivity contribution in [3.05, 3.63) is 153 Å². The van der Waals surface area contributed by atoms with E-state index >= 15 is 0 Å². The quantitative estimate of drug-likeness (QED) is 0.128. The Hall–Kier alpha value is -5.41. The summed E-state index contributed by atoms with van der Waals surface area (Å²) in [4.78, 5) is 63.9. The van der Waals surface area contributed by atoms with Crippen LogP contribution < -0.4 is 16.2 Å². The fourth-order valence-electron chi connectivity index (χ4n) is 11.8. The van der Waals surface area contributed by atoms with Gasteiger partial charge in [0.1, 0.15) is 5.00 Å². The van der Waals surface area contributed by atoms with Gasteiger partial charge in [0.05, 0.1) is 10.3 Å². The number of hydrogen-bond acceptors (Lipinski definition) is 8. The minimum absolute atomic E-state index is 0.0255. The molecule has 2 saturated carbocycles. The van der Waals surface area contributed by atoms with E-state index in [1.807, 2.05) is 90.2 Å². The molecule has 2 spiro atoms. The van der Waals surface area contributed by atoms with Crippen LogP contribution in [0.1, 0.15) is 111 Å². The highest BCUT2D eigenvalue weighted by atomic mass is 32.1. The first kappa shape index (κ1) is 34.5. The molecule has 5 nitrogen and oxygen atoms in total. The smallest absolute Gasteiger partial charge is 0.216 e. The van der Waals surface area contributed by atoms with Crippen LogP contribution in [0.2, 0.25) is 0 Å². The number of allylic oxidation sites excluding steroid dienone is 3. The van der Waals surface area contributed by atoms with Gasteiger partial charge in [-0.1, -0.05) is 87.1 Å². The molecule has 2 fully saturated rings. The van der Waals surface area contributed by atoms with Crippen LogP contribution in [0.3, 0.4) is 0 Å². The molecule has 13 rings (SSSR count). The Morgan fingerprint density at radius 3 is 1.69 bits per heavy atom. The summed E-state index contributed by atoms with van der Waals surface area (Å²) in [6, 6.07) is 27.6. The molecule has 0 bridgehead atoms. The summed E-state index contributed by atoms with van der Waals surface area (Å²) in [5, 5.41) is 5.47. The van der Waals surface area contributed by atoms with E-state index < -0.39 is 0 Å². The van der Waals surface area contributed by atoms with Crippen molar-refractivity contribution >= 4 is 110 Å². The van der Waals surface area contributed by atoms with Gasteiger partial charge in [0.15, 0.2) is 16.9 Å². The SMILES string of the molecule is O=C1C(=Cc2cc3sc4c(c3s2)C2(CCCCC2)C2=C4C3(CCCCC3)c3cc(N=c4c(=O)c5cc6ccccc6cc5c4=O)sc32)C(=O)c2cc3ccccc3cc21. The highest BCUT2D eigenvalue weighted by Gasteiger charge is 2.59. The van der Waals surface area contributed by atoms with Gasteiger partial charge < -0.3 is 0 Å². The Morgan fingerprint density at radius 2 is 1.10 bits per heavy atom. The van der Waals surface area contributed by atoms with E-state index in [-0.39, 0.29) is 44.2 Å². The van der Waals surface area contributed by atoms with Crippen LogP contribution in [-0.2, 0) is 10.8 Å². The van der Waals surface area contributed by atoms with Gasteiger partial charge in [-0.3, -0.25) is 19.2 Å². The van der Waals surface area contributed by atoms with Gasteiger partial charge in [-0.05, 0) is 112 Å². The Labute approximate surface area is 350 Å². The van der Waals surface area contributed by atoms with Crippen LogP contribution in [0.4, 0.5) is 5.00 Å². The molecule has 59 heavy (non-hydrogen) atoms. The van der Waals surface area contributed by atoms with Crippen LogP contribution >= 0.6 is 34.0 Å². The summed E-state index contributed by atoms with van der Waals surface area (Å²) in [6.07, 6.45) is 13.3. The number of fused-ring (bicyclic) bond motifs is 14. The van der Waals surface area contributed by atoms with Crippen molar-refractivity contribution in [1.29, 1.82) is 0 Å². The predicted molar refractivity (Wildman–Crippen MR) is 243 cm³/mol. The number of ketones is 2. The lowest BCUT2D eigenvalue weighted by atomic mass is 9.67. The Balaban J connectivity index is 0.961. The summed E-state index contributed by atoms with van der Waals surface area (Å²) in [7, 11) is 0. The van der Waals surface area contributed by atoms with Crippen molar-refractivity contribution in [2.24, 2.45) is 4.99 Å². The first-order chi connectivity index (χ1) is 28.8. The van der Waals surface area contributed by atoms with Gasteiger partial charge in [-0.25, -0.2) is 4.99 Å². The zero-order valence-corrected chi connectivity index (χ0v) is 34.5. The number of benzene rings is 4. The van der Waals surface area contributed by atoms with E-state index in [1.54, 1.807) is 28.2 Å². The number of carbonyl (C=O) groups excluding carboxylic acids is 2. The first-order valence-corrected chi connectivity index (χ1v) is 23.3. The summed E-state index contributed by atoms with van der Waals surface area (Å²) >= 11 is 5.32. The monoisotopic (exact) mass is 821 g/mol. The van der Waals surface area contributed by atoms with Gasteiger partial charge in [0.2, 0.25) is 10.9 Å². The highest BCUT2D eigenvalue weighted by Crippen LogP contribution is 2.73. The highest BCUT2D eigenvalue weighted by molar-refractivity contribution is 7.29. The van der Waals surface area contributed by atoms with Gasteiger partial charge >= 0.3 is 0 Å². The third-order valence-electron chi connectivity index (χ3n) is 14.4. The summed E-state index contributed by atoms with van der Waals surface area (Å²) in [6.45, 7) is 0. The van der Waals surface area contributed by atoms with Crippen LogP contribution in [0.5, 0.6) is 0 Å². The first-order valence-electron chi connectivity index (χ1n) is 20.8. The summed E-state index contributed by atoms with van der Waals surface area (Å²) in [5.74, 6) is -0.381. The maximum absolute atomic E-state index is 13.8. The molecule has 0 amide bonds. The van der Waals surface area contributed by atoms with Gasteiger partial charge in [0, 0.05) is 52.1 Å². The van der Waals surface area contributed by atoms with Crippen molar-refractivity contribution in [3.63, 3.8) is 0 Å². The minimum atomic E-state index is -0.285. The lowest BCUT2D eigenvalue weighted by Gasteiger charge is -2.37. The van der Waals surface area contributed by atoms with Crippen molar-refractivity contribution in [1.82, 2.24) is 0 Å². The molecule has 0 atom stereocenters. The van der Waals surface area contributed by atoms with Crippen molar-refractivity contribution in [2.75, 3.05) is 0 Å². The zero-order valence-electron chi connectivity index (χ0n) is 32.0. The standard InChI is InChI=1S/C51H35NO4S3/c53-43-31-19-26-11-3-4-12-27(26)20-32(31)44(54)35(43)23-30-24-37-48(57-30)41-49(58-37)40-39(51(41)17-9-2-10-18-51)47-36(50(40)15-7-1-8-16-50)25-38(59-47)52-42-45(55)33-21-28-13-5-6-14-29(28)22-34(33)46(42)56/h3-6,11-14,19-25H,1-2,7-10,15-18H2. The van der Waals surface area contributed by atoms with Crippen LogP contribution in [-0.4, -0.2) is 11.6 Å². The van der Waals surface area contributed by atoms with Crippen molar-refractivity contribution in [2.45, 2.75) is 75.0 Å². The third-order valence-corrected chi connectivity index (χ3v) is 17.8. The van der Waals surface area contributed by atoms with Gasteiger partial charge in [-0.2, -0.15) is 0 Å². The van der Waals surface area contributed by atoms with E-state index in [1.165, 1.54) is 48.7 Å². The molecule has 0 radical (unpaired) electrons. The van der Waals surface area contributed by atoms with Crippen LogP contribution in [0.15, 0.2) is 105 Å². The third kappa shape index (κ3) is 4.52. The Morgan fingerprint density at radius 1 is 0.559 bits per heavy atom. The van der Waals surface area contributed by atoms with Gasteiger partial charge in [-0.15, -0.1) is 34.0 Å². The number of carbonyl (C=O) groups is 2. The molecule has 0 N–H and O–H groups in total. The molecule has 0 saturated heterocycles. The van der Waals surface area contributed by atoms with Crippen molar-refractivity contribution < 1.29 is 9.59 Å². The molecule has 5 aromatic carbocycles. The van der Waals surface area contributed by atoms with E-state index in [0.717, 1.165) is 82.8 Å². The normalized spacial score (nSPS) is 18.9.